The quantitative estimate of drug-likeness (QED) is 0.758. The van der Waals surface area contributed by atoms with Gasteiger partial charge in [-0.3, -0.25) is 4.79 Å². The number of fused-ring (bicyclic) bond motifs is 1. The summed E-state index contributed by atoms with van der Waals surface area (Å²) in [5, 5.41) is 15.5. The van der Waals surface area contributed by atoms with E-state index in [9.17, 15) is 9.90 Å². The van der Waals surface area contributed by atoms with Gasteiger partial charge < -0.3 is 15.4 Å². The second kappa shape index (κ2) is 4.82. The van der Waals surface area contributed by atoms with E-state index in [1.165, 1.54) is 12.8 Å². The zero-order chi connectivity index (χ0) is 16.5. The van der Waals surface area contributed by atoms with E-state index in [1.54, 1.807) is 13.1 Å². The number of carbonyl (C=O) groups excluding carboxylic acids is 1. The molecule has 2 aromatic heterocycles. The average molecular weight is 325 g/mol. The molecular weight excluding hydrogens is 302 g/mol. The molecule has 5 heteroatoms. The Balaban J connectivity index is 1.54. The molecule has 4 saturated carbocycles. The lowest BCUT2D eigenvalue weighted by Crippen LogP contribution is -2.59. The maximum Gasteiger partial charge on any atom is 0.163 e. The van der Waals surface area contributed by atoms with Gasteiger partial charge in [0.15, 0.2) is 5.78 Å². The second-order valence-electron chi connectivity index (χ2n) is 8.21. The molecule has 2 heterocycles. The first-order valence-corrected chi connectivity index (χ1v) is 8.98. The van der Waals surface area contributed by atoms with E-state index < -0.39 is 5.60 Å². The molecular formula is C19H23N3O2. The van der Waals surface area contributed by atoms with Crippen molar-refractivity contribution in [2.24, 2.45) is 17.8 Å². The van der Waals surface area contributed by atoms with Crippen LogP contribution in [0.15, 0.2) is 18.5 Å². The predicted octanol–water partition coefficient (Wildman–Crippen LogP) is 3.12. The van der Waals surface area contributed by atoms with Crippen LogP contribution in [-0.4, -0.2) is 32.5 Å². The number of aromatic amines is 1. The molecule has 2 atom stereocenters. The molecule has 5 nitrogen and oxygen atoms in total. The van der Waals surface area contributed by atoms with Crippen LogP contribution < -0.4 is 5.32 Å². The minimum Gasteiger partial charge on any atom is -0.390 e. The summed E-state index contributed by atoms with van der Waals surface area (Å²) in [5.74, 6) is 1.73. The summed E-state index contributed by atoms with van der Waals surface area (Å²) in [4.78, 5) is 19.6. The average Bonchev–Trinajstić information content (AvgIpc) is 2.97. The number of nitrogens with one attached hydrogen (secondary N) is 2. The second-order valence-corrected chi connectivity index (χ2v) is 8.21. The number of H-pyrrole nitrogens is 1. The molecule has 4 aliphatic carbocycles. The maximum atomic E-state index is 12.1. The fourth-order valence-corrected chi connectivity index (χ4v) is 5.81. The summed E-state index contributed by atoms with van der Waals surface area (Å²) in [6.07, 6.45) is 8.73. The van der Waals surface area contributed by atoms with Crippen LogP contribution in [0.4, 0.5) is 5.69 Å². The van der Waals surface area contributed by atoms with E-state index in [-0.39, 0.29) is 5.78 Å². The van der Waals surface area contributed by atoms with Gasteiger partial charge in [0.25, 0.3) is 0 Å². The van der Waals surface area contributed by atoms with Crippen LogP contribution in [0.2, 0.25) is 0 Å². The smallest absolute Gasteiger partial charge is 0.163 e. The van der Waals surface area contributed by atoms with Crippen LogP contribution in [-0.2, 0) is 0 Å². The molecule has 24 heavy (non-hydrogen) atoms. The Kier molecular flexibility index (Phi) is 2.90. The largest absolute Gasteiger partial charge is 0.390 e. The standard InChI is InChI=1S/C19H23N3O2/c1-10(23)15-9-21-18-14(2-3-20-18)17(15)22-16-12-4-11-5-13(16)8-19(24,6-11)7-12/h2-3,9,11-13,16,24H,4-8H2,1H3,(H2,20,21,22). The molecule has 0 aromatic carbocycles. The number of ketones is 1. The van der Waals surface area contributed by atoms with Crippen molar-refractivity contribution in [1.29, 1.82) is 0 Å². The molecule has 6 rings (SSSR count). The molecule has 4 fully saturated rings. The highest BCUT2D eigenvalue weighted by Crippen LogP contribution is 2.56. The van der Waals surface area contributed by atoms with Gasteiger partial charge in [0.1, 0.15) is 5.65 Å². The van der Waals surface area contributed by atoms with Crippen molar-refractivity contribution in [2.75, 3.05) is 5.32 Å². The molecule has 3 N–H and O–H groups in total. The number of aromatic nitrogens is 2. The molecule has 0 amide bonds. The Morgan fingerprint density at radius 3 is 2.75 bits per heavy atom. The van der Waals surface area contributed by atoms with Crippen molar-refractivity contribution in [3.05, 3.63) is 24.0 Å². The first-order valence-electron chi connectivity index (χ1n) is 8.98. The third-order valence-electron chi connectivity index (χ3n) is 6.52. The van der Waals surface area contributed by atoms with Gasteiger partial charge in [-0.05, 0) is 62.8 Å². The third-order valence-corrected chi connectivity index (χ3v) is 6.52. The lowest BCUT2D eigenvalue weighted by Gasteiger charge is -2.58. The molecule has 0 radical (unpaired) electrons. The van der Waals surface area contributed by atoms with Gasteiger partial charge in [-0.2, -0.15) is 0 Å². The van der Waals surface area contributed by atoms with E-state index in [0.717, 1.165) is 36.0 Å². The van der Waals surface area contributed by atoms with Crippen LogP contribution in [0.25, 0.3) is 11.0 Å². The van der Waals surface area contributed by atoms with Crippen molar-refractivity contribution < 1.29 is 9.90 Å². The Morgan fingerprint density at radius 1 is 1.33 bits per heavy atom. The number of aliphatic hydroxyl groups is 1. The van der Waals surface area contributed by atoms with Gasteiger partial charge in [0.2, 0.25) is 0 Å². The van der Waals surface area contributed by atoms with Crippen molar-refractivity contribution in [3.8, 4) is 0 Å². The normalized spacial score (nSPS) is 37.1. The minimum atomic E-state index is -0.431. The zero-order valence-electron chi connectivity index (χ0n) is 13.9. The number of Topliss-reactive ketones (excluding diaryl/α,β-unsaturated/α-hetero) is 1. The summed E-state index contributed by atoms with van der Waals surface area (Å²) in [5.41, 5.74) is 1.96. The number of carbonyl (C=O) groups is 1. The van der Waals surface area contributed by atoms with Gasteiger partial charge in [0.05, 0.1) is 16.9 Å². The Morgan fingerprint density at radius 2 is 2.08 bits per heavy atom. The van der Waals surface area contributed by atoms with Crippen LogP contribution in [0, 0.1) is 17.8 Å². The van der Waals surface area contributed by atoms with Crippen LogP contribution in [0.5, 0.6) is 0 Å². The summed E-state index contributed by atoms with van der Waals surface area (Å²) in [6, 6.07) is 2.33. The SMILES string of the molecule is CC(=O)c1cnc2[nH]ccc2c1NC1C2CC3CC1CC(O)(C3)C2. The monoisotopic (exact) mass is 325 g/mol. The molecule has 2 unspecified atom stereocenters. The van der Waals surface area contributed by atoms with E-state index in [0.29, 0.717) is 29.4 Å². The number of hydrogen-bond acceptors (Lipinski definition) is 4. The number of nitrogens with zero attached hydrogens (tertiary/aromatic N) is 1. The molecule has 126 valence electrons. The number of pyridine rings is 1. The lowest BCUT2D eigenvalue weighted by molar-refractivity contribution is -0.129. The first-order chi connectivity index (χ1) is 11.5. The van der Waals surface area contributed by atoms with Crippen LogP contribution >= 0.6 is 0 Å². The number of anilines is 1. The first kappa shape index (κ1) is 14.5. The van der Waals surface area contributed by atoms with Gasteiger partial charge in [-0.1, -0.05) is 0 Å². The fourth-order valence-electron chi connectivity index (χ4n) is 5.81. The summed E-state index contributed by atoms with van der Waals surface area (Å²) in [6.45, 7) is 1.60. The molecule has 2 aromatic rings. The Bertz CT molecular complexity index is 811. The molecule has 4 bridgehead atoms. The van der Waals surface area contributed by atoms with Gasteiger partial charge in [-0.15, -0.1) is 0 Å². The molecule has 0 aliphatic heterocycles. The predicted molar refractivity (Wildman–Crippen MR) is 92.0 cm³/mol. The zero-order valence-corrected chi connectivity index (χ0v) is 13.9. The highest BCUT2D eigenvalue weighted by atomic mass is 16.3. The van der Waals surface area contributed by atoms with E-state index in [4.69, 9.17) is 0 Å². The van der Waals surface area contributed by atoms with Crippen molar-refractivity contribution in [1.82, 2.24) is 9.97 Å². The topological polar surface area (TPSA) is 78.0 Å². The van der Waals surface area contributed by atoms with Gasteiger partial charge in [-0.25, -0.2) is 4.98 Å². The molecule has 0 spiro atoms. The maximum absolute atomic E-state index is 12.1. The van der Waals surface area contributed by atoms with E-state index >= 15 is 0 Å². The summed E-state index contributed by atoms with van der Waals surface area (Å²) >= 11 is 0. The van der Waals surface area contributed by atoms with E-state index in [2.05, 4.69) is 15.3 Å². The van der Waals surface area contributed by atoms with Crippen molar-refractivity contribution in [3.63, 3.8) is 0 Å². The van der Waals surface area contributed by atoms with Gasteiger partial charge >= 0.3 is 0 Å². The van der Waals surface area contributed by atoms with Crippen LogP contribution in [0.3, 0.4) is 0 Å². The molecule has 4 aliphatic rings. The fraction of sp³-hybridized carbons (Fsp3) is 0.579. The van der Waals surface area contributed by atoms with Crippen molar-refractivity contribution in [2.45, 2.75) is 50.7 Å². The van der Waals surface area contributed by atoms with Crippen molar-refractivity contribution >= 4 is 22.5 Å². The van der Waals surface area contributed by atoms with Gasteiger partial charge in [0, 0.05) is 23.8 Å². The lowest BCUT2D eigenvalue weighted by atomic mass is 9.52. The molecule has 0 saturated heterocycles. The van der Waals surface area contributed by atoms with E-state index in [1.807, 2.05) is 12.3 Å². The number of hydrogen-bond donors (Lipinski definition) is 3. The Labute approximate surface area is 140 Å². The Hall–Kier alpha value is -1.88. The summed E-state index contributed by atoms with van der Waals surface area (Å²) in [7, 11) is 0. The van der Waals surface area contributed by atoms with Crippen LogP contribution in [0.1, 0.15) is 49.4 Å². The number of rotatable bonds is 3. The summed E-state index contributed by atoms with van der Waals surface area (Å²) < 4.78 is 0. The highest BCUT2D eigenvalue weighted by Gasteiger charge is 2.54. The highest BCUT2D eigenvalue weighted by molar-refractivity contribution is 6.06. The minimum absolute atomic E-state index is 0.0375. The third kappa shape index (κ3) is 2.04.